The van der Waals surface area contributed by atoms with E-state index in [0.717, 1.165) is 25.3 Å². The molecular formula is C13H22N4O2. The van der Waals surface area contributed by atoms with Gasteiger partial charge in [0.25, 0.3) is 0 Å². The molecule has 2 N–H and O–H groups in total. The van der Waals surface area contributed by atoms with Crippen LogP contribution in [0.25, 0.3) is 0 Å². The zero-order chi connectivity index (χ0) is 13.7. The van der Waals surface area contributed by atoms with Gasteiger partial charge in [0.2, 0.25) is 5.88 Å². The van der Waals surface area contributed by atoms with Crippen LogP contribution in [0.1, 0.15) is 20.3 Å². The standard InChI is InChI=1S/C13H22N4O2/c1-3-4-18-13-5-12(15-9-16-13)17-7-10(2)19-11(6-14)8-17/h5,9-11H,3-4,6-8,14H2,1-2H3. The Bertz CT molecular complexity index is 402. The third-order valence-electron chi connectivity index (χ3n) is 2.99. The molecular weight excluding hydrogens is 244 g/mol. The molecule has 0 bridgehead atoms. The first-order valence-corrected chi connectivity index (χ1v) is 6.78. The Kier molecular flexibility index (Phi) is 4.93. The van der Waals surface area contributed by atoms with Gasteiger partial charge in [-0.05, 0) is 13.3 Å². The minimum Gasteiger partial charge on any atom is -0.478 e. The van der Waals surface area contributed by atoms with E-state index in [2.05, 4.69) is 21.8 Å². The van der Waals surface area contributed by atoms with Crippen molar-refractivity contribution in [3.05, 3.63) is 12.4 Å². The molecule has 2 rings (SSSR count). The monoisotopic (exact) mass is 266 g/mol. The van der Waals surface area contributed by atoms with Crippen molar-refractivity contribution in [1.29, 1.82) is 0 Å². The highest BCUT2D eigenvalue weighted by atomic mass is 16.5. The fraction of sp³-hybridized carbons (Fsp3) is 0.692. The molecule has 6 nitrogen and oxygen atoms in total. The van der Waals surface area contributed by atoms with Crippen LogP contribution in [0.15, 0.2) is 12.4 Å². The number of morpholine rings is 1. The predicted octanol–water partition coefficient (Wildman–Crippen LogP) is 0.818. The topological polar surface area (TPSA) is 73.5 Å². The van der Waals surface area contributed by atoms with Gasteiger partial charge in [0, 0.05) is 25.7 Å². The highest BCUT2D eigenvalue weighted by Gasteiger charge is 2.25. The zero-order valence-corrected chi connectivity index (χ0v) is 11.6. The molecule has 1 aromatic rings. The summed E-state index contributed by atoms with van der Waals surface area (Å²) in [5, 5.41) is 0. The maximum absolute atomic E-state index is 5.74. The number of ether oxygens (including phenoxy) is 2. The number of nitrogens with two attached hydrogens (primary N) is 1. The third-order valence-corrected chi connectivity index (χ3v) is 2.99. The van der Waals surface area contributed by atoms with Crippen LogP contribution in [-0.4, -0.2) is 48.4 Å². The van der Waals surface area contributed by atoms with Crippen LogP contribution in [0.4, 0.5) is 5.82 Å². The Morgan fingerprint density at radius 1 is 1.47 bits per heavy atom. The number of hydrogen-bond donors (Lipinski definition) is 1. The van der Waals surface area contributed by atoms with Gasteiger partial charge >= 0.3 is 0 Å². The maximum Gasteiger partial charge on any atom is 0.218 e. The van der Waals surface area contributed by atoms with Gasteiger partial charge in [0.15, 0.2) is 0 Å². The molecule has 1 aliphatic rings. The Hall–Kier alpha value is -1.40. The first-order chi connectivity index (χ1) is 9.22. The SMILES string of the molecule is CCCOc1cc(N2CC(C)OC(CN)C2)ncn1. The molecule has 2 atom stereocenters. The zero-order valence-electron chi connectivity index (χ0n) is 11.6. The number of hydrogen-bond acceptors (Lipinski definition) is 6. The van der Waals surface area contributed by atoms with E-state index in [9.17, 15) is 0 Å². The molecule has 2 heterocycles. The van der Waals surface area contributed by atoms with Gasteiger partial charge in [-0.25, -0.2) is 9.97 Å². The van der Waals surface area contributed by atoms with Gasteiger partial charge in [-0.3, -0.25) is 0 Å². The minimum atomic E-state index is 0.0544. The van der Waals surface area contributed by atoms with E-state index in [-0.39, 0.29) is 12.2 Å². The van der Waals surface area contributed by atoms with E-state index in [1.54, 1.807) is 0 Å². The van der Waals surface area contributed by atoms with Crippen molar-refractivity contribution in [1.82, 2.24) is 9.97 Å². The largest absolute Gasteiger partial charge is 0.478 e. The first kappa shape index (κ1) is 14.0. The van der Waals surface area contributed by atoms with Crippen molar-refractivity contribution in [2.75, 3.05) is 31.1 Å². The lowest BCUT2D eigenvalue weighted by Gasteiger charge is -2.37. The molecule has 0 aromatic carbocycles. The van der Waals surface area contributed by atoms with Crippen LogP contribution in [0.5, 0.6) is 5.88 Å². The lowest BCUT2D eigenvalue weighted by molar-refractivity contribution is -0.0107. The summed E-state index contributed by atoms with van der Waals surface area (Å²) >= 11 is 0. The Morgan fingerprint density at radius 2 is 2.32 bits per heavy atom. The van der Waals surface area contributed by atoms with Crippen LogP contribution in [0.2, 0.25) is 0 Å². The van der Waals surface area contributed by atoms with Gasteiger partial charge in [-0.1, -0.05) is 6.92 Å². The fourth-order valence-electron chi connectivity index (χ4n) is 2.15. The van der Waals surface area contributed by atoms with Crippen molar-refractivity contribution >= 4 is 5.82 Å². The second-order valence-corrected chi connectivity index (χ2v) is 4.77. The van der Waals surface area contributed by atoms with Crippen LogP contribution in [0.3, 0.4) is 0 Å². The fourth-order valence-corrected chi connectivity index (χ4v) is 2.15. The summed E-state index contributed by atoms with van der Waals surface area (Å²) in [5.74, 6) is 1.49. The van der Waals surface area contributed by atoms with Gasteiger partial charge in [0.1, 0.15) is 12.1 Å². The molecule has 2 unspecified atom stereocenters. The minimum absolute atomic E-state index is 0.0544. The van der Waals surface area contributed by atoms with Crippen molar-refractivity contribution in [2.24, 2.45) is 5.73 Å². The average Bonchev–Trinajstić information content (AvgIpc) is 2.44. The summed E-state index contributed by atoms with van der Waals surface area (Å²) in [6.45, 7) is 6.86. The van der Waals surface area contributed by atoms with Crippen molar-refractivity contribution in [3.8, 4) is 5.88 Å². The van der Waals surface area contributed by atoms with E-state index in [4.69, 9.17) is 15.2 Å². The number of nitrogens with zero attached hydrogens (tertiary/aromatic N) is 3. The second-order valence-electron chi connectivity index (χ2n) is 4.77. The molecule has 0 saturated carbocycles. The van der Waals surface area contributed by atoms with Gasteiger partial charge in [-0.15, -0.1) is 0 Å². The number of rotatable bonds is 5. The molecule has 1 aliphatic heterocycles. The molecule has 1 fully saturated rings. The lowest BCUT2D eigenvalue weighted by atomic mass is 10.2. The van der Waals surface area contributed by atoms with Gasteiger partial charge in [-0.2, -0.15) is 0 Å². The van der Waals surface area contributed by atoms with Gasteiger partial charge < -0.3 is 20.1 Å². The molecule has 0 spiro atoms. The highest BCUT2D eigenvalue weighted by molar-refractivity contribution is 5.41. The maximum atomic E-state index is 5.74. The molecule has 1 aromatic heterocycles. The highest BCUT2D eigenvalue weighted by Crippen LogP contribution is 2.20. The second kappa shape index (κ2) is 6.68. The molecule has 0 amide bonds. The van der Waals surface area contributed by atoms with E-state index in [0.29, 0.717) is 19.0 Å². The Morgan fingerprint density at radius 3 is 3.05 bits per heavy atom. The molecule has 19 heavy (non-hydrogen) atoms. The van der Waals surface area contributed by atoms with Crippen molar-refractivity contribution < 1.29 is 9.47 Å². The summed E-state index contributed by atoms with van der Waals surface area (Å²) in [4.78, 5) is 10.6. The van der Waals surface area contributed by atoms with E-state index in [1.807, 2.05) is 13.0 Å². The third kappa shape index (κ3) is 3.78. The van der Waals surface area contributed by atoms with E-state index < -0.39 is 0 Å². The molecule has 106 valence electrons. The van der Waals surface area contributed by atoms with E-state index in [1.165, 1.54) is 6.33 Å². The Balaban J connectivity index is 2.07. The van der Waals surface area contributed by atoms with Crippen LogP contribution in [0, 0.1) is 0 Å². The Labute approximate surface area is 113 Å². The number of anilines is 1. The molecule has 1 saturated heterocycles. The molecule has 0 radical (unpaired) electrons. The van der Waals surface area contributed by atoms with Crippen molar-refractivity contribution in [2.45, 2.75) is 32.5 Å². The van der Waals surface area contributed by atoms with Gasteiger partial charge in [0.05, 0.1) is 18.8 Å². The number of aromatic nitrogens is 2. The smallest absolute Gasteiger partial charge is 0.218 e. The summed E-state index contributed by atoms with van der Waals surface area (Å²) in [6.07, 6.45) is 2.71. The summed E-state index contributed by atoms with van der Waals surface area (Å²) in [6, 6.07) is 1.88. The van der Waals surface area contributed by atoms with Crippen LogP contribution in [-0.2, 0) is 4.74 Å². The first-order valence-electron chi connectivity index (χ1n) is 6.78. The molecule has 6 heteroatoms. The summed E-state index contributed by atoms with van der Waals surface area (Å²) < 4.78 is 11.3. The normalized spacial score (nSPS) is 23.4. The predicted molar refractivity (Wildman–Crippen MR) is 73.4 cm³/mol. The average molecular weight is 266 g/mol. The van der Waals surface area contributed by atoms with E-state index >= 15 is 0 Å². The van der Waals surface area contributed by atoms with Crippen LogP contribution >= 0.6 is 0 Å². The summed E-state index contributed by atoms with van der Waals surface area (Å²) in [7, 11) is 0. The van der Waals surface area contributed by atoms with Crippen molar-refractivity contribution in [3.63, 3.8) is 0 Å². The molecule has 0 aliphatic carbocycles. The quantitative estimate of drug-likeness (QED) is 0.850. The van der Waals surface area contributed by atoms with Crippen LogP contribution < -0.4 is 15.4 Å². The lowest BCUT2D eigenvalue weighted by Crippen LogP contribution is -2.49. The summed E-state index contributed by atoms with van der Waals surface area (Å²) in [5.41, 5.74) is 5.69.